The average molecular weight is 328 g/mol. The quantitative estimate of drug-likeness (QED) is 0.902. The Labute approximate surface area is 134 Å². The summed E-state index contributed by atoms with van der Waals surface area (Å²) in [5, 5.41) is 5.57. The van der Waals surface area contributed by atoms with E-state index in [1.165, 1.54) is 0 Å². The van der Waals surface area contributed by atoms with Crippen molar-refractivity contribution in [2.45, 2.75) is 32.4 Å². The van der Waals surface area contributed by atoms with Crippen LogP contribution in [0.2, 0.25) is 10.0 Å². The van der Waals surface area contributed by atoms with Crippen LogP contribution in [-0.2, 0) is 6.42 Å². The van der Waals surface area contributed by atoms with E-state index in [2.05, 4.69) is 18.9 Å². The van der Waals surface area contributed by atoms with Gasteiger partial charge in [0.25, 0.3) is 0 Å². The first-order valence-electron chi connectivity index (χ1n) is 6.75. The molecule has 0 radical (unpaired) electrons. The van der Waals surface area contributed by atoms with E-state index in [1.807, 2.05) is 16.8 Å². The second kappa shape index (κ2) is 6.69. The normalized spacial score (nSPS) is 12.7. The summed E-state index contributed by atoms with van der Waals surface area (Å²) in [7, 11) is 1.62. The van der Waals surface area contributed by atoms with Crippen LogP contribution in [0, 0.1) is 0 Å². The Hall–Kier alpha value is -1.23. The second-order valence-electron chi connectivity index (χ2n) is 5.18. The van der Waals surface area contributed by atoms with Gasteiger partial charge in [0.15, 0.2) is 5.75 Å². The second-order valence-corrected chi connectivity index (χ2v) is 6.03. The van der Waals surface area contributed by atoms with Gasteiger partial charge in [-0.1, -0.05) is 29.3 Å². The average Bonchev–Trinajstić information content (AvgIpc) is 2.86. The van der Waals surface area contributed by atoms with Crippen molar-refractivity contribution in [2.24, 2.45) is 5.73 Å². The van der Waals surface area contributed by atoms with Crippen LogP contribution in [0.4, 0.5) is 0 Å². The summed E-state index contributed by atoms with van der Waals surface area (Å²) in [5.41, 5.74) is 8.19. The molecule has 1 unspecified atom stereocenters. The Morgan fingerprint density at radius 3 is 2.62 bits per heavy atom. The van der Waals surface area contributed by atoms with Gasteiger partial charge in [-0.2, -0.15) is 5.10 Å². The molecule has 0 spiro atoms. The molecule has 114 valence electrons. The van der Waals surface area contributed by atoms with Crippen molar-refractivity contribution in [3.8, 4) is 5.75 Å². The minimum Gasteiger partial charge on any atom is -0.493 e. The van der Waals surface area contributed by atoms with Crippen molar-refractivity contribution in [1.82, 2.24) is 9.78 Å². The molecule has 0 fully saturated rings. The van der Waals surface area contributed by atoms with E-state index in [9.17, 15) is 0 Å². The Bertz CT molecular complexity index is 625. The van der Waals surface area contributed by atoms with Crippen molar-refractivity contribution < 1.29 is 4.74 Å². The monoisotopic (exact) mass is 327 g/mol. The molecule has 1 atom stereocenters. The van der Waals surface area contributed by atoms with Crippen LogP contribution in [-0.4, -0.2) is 16.9 Å². The van der Waals surface area contributed by atoms with Crippen molar-refractivity contribution in [1.29, 1.82) is 0 Å². The number of ether oxygens (including phenoxy) is 1. The number of nitrogens with zero attached hydrogens (tertiary/aromatic N) is 2. The zero-order chi connectivity index (χ0) is 15.6. The van der Waals surface area contributed by atoms with Gasteiger partial charge < -0.3 is 10.5 Å². The summed E-state index contributed by atoms with van der Waals surface area (Å²) < 4.78 is 7.25. The van der Waals surface area contributed by atoms with Gasteiger partial charge in [0.2, 0.25) is 0 Å². The predicted molar refractivity (Wildman–Crippen MR) is 86.3 cm³/mol. The summed E-state index contributed by atoms with van der Waals surface area (Å²) in [5.74, 6) is 0.696. The fourth-order valence-electron chi connectivity index (χ4n) is 2.30. The number of halogens is 2. The largest absolute Gasteiger partial charge is 0.493 e. The van der Waals surface area contributed by atoms with Crippen molar-refractivity contribution in [3.63, 3.8) is 0 Å². The Balaban J connectivity index is 2.31. The van der Waals surface area contributed by atoms with E-state index in [4.69, 9.17) is 33.7 Å². The first-order valence-corrected chi connectivity index (χ1v) is 7.50. The summed E-state index contributed by atoms with van der Waals surface area (Å²) in [6, 6.07) is 5.38. The molecule has 1 aromatic heterocycles. The minimum absolute atomic E-state index is 0.204. The third-order valence-corrected chi connectivity index (χ3v) is 3.90. The fraction of sp³-hybridized carbons (Fsp3) is 0.400. The minimum atomic E-state index is -0.261. The molecule has 0 aliphatic rings. The van der Waals surface area contributed by atoms with Gasteiger partial charge in [-0.05, 0) is 38.0 Å². The van der Waals surface area contributed by atoms with Crippen molar-refractivity contribution >= 4 is 23.2 Å². The Morgan fingerprint density at radius 2 is 2.05 bits per heavy atom. The third kappa shape index (κ3) is 3.51. The van der Waals surface area contributed by atoms with Gasteiger partial charge in [0.1, 0.15) is 0 Å². The molecule has 2 rings (SSSR count). The zero-order valence-electron chi connectivity index (χ0n) is 12.3. The number of methoxy groups -OCH3 is 1. The number of nitrogens with two attached hydrogens (primary N) is 1. The summed E-state index contributed by atoms with van der Waals surface area (Å²) in [6.45, 7) is 4.11. The van der Waals surface area contributed by atoms with Crippen molar-refractivity contribution in [2.75, 3.05) is 7.11 Å². The summed E-state index contributed by atoms with van der Waals surface area (Å²) >= 11 is 12.1. The standard InChI is InChI=1S/C15H19Cl2N3O/c1-9(2)20-15(14(21-3)8-19-20)13(18)6-10-4-5-11(16)7-12(10)17/h4-5,7-9,13H,6,18H2,1-3H3. The van der Waals surface area contributed by atoms with Crippen LogP contribution in [0.25, 0.3) is 0 Å². The summed E-state index contributed by atoms with van der Waals surface area (Å²) in [6.07, 6.45) is 2.28. The molecule has 2 aromatic rings. The maximum atomic E-state index is 6.36. The van der Waals surface area contributed by atoms with Crippen LogP contribution in [0.15, 0.2) is 24.4 Å². The topological polar surface area (TPSA) is 53.1 Å². The van der Waals surface area contributed by atoms with Gasteiger partial charge in [-0.25, -0.2) is 0 Å². The van der Waals surface area contributed by atoms with E-state index in [-0.39, 0.29) is 12.1 Å². The van der Waals surface area contributed by atoms with Crippen LogP contribution >= 0.6 is 23.2 Å². The smallest absolute Gasteiger partial charge is 0.161 e. The molecule has 0 aliphatic carbocycles. The molecule has 0 amide bonds. The van der Waals surface area contributed by atoms with Crippen molar-refractivity contribution in [3.05, 3.63) is 45.7 Å². The molecule has 1 aromatic carbocycles. The lowest BCUT2D eigenvalue weighted by Crippen LogP contribution is -2.20. The van der Waals surface area contributed by atoms with Crippen LogP contribution in [0.1, 0.15) is 37.2 Å². The van der Waals surface area contributed by atoms with Gasteiger partial charge in [0, 0.05) is 16.1 Å². The fourth-order valence-corrected chi connectivity index (χ4v) is 2.78. The Morgan fingerprint density at radius 1 is 1.33 bits per heavy atom. The Kier molecular flexibility index (Phi) is 5.14. The number of aromatic nitrogens is 2. The zero-order valence-corrected chi connectivity index (χ0v) is 13.8. The molecule has 0 bridgehead atoms. The SMILES string of the molecule is COc1cnn(C(C)C)c1C(N)Cc1ccc(Cl)cc1Cl. The molecule has 21 heavy (non-hydrogen) atoms. The molecule has 0 aliphatic heterocycles. The van der Waals surface area contributed by atoms with Gasteiger partial charge >= 0.3 is 0 Å². The van der Waals surface area contributed by atoms with Gasteiger partial charge in [-0.15, -0.1) is 0 Å². The molecule has 4 nitrogen and oxygen atoms in total. The lowest BCUT2D eigenvalue weighted by molar-refractivity contribution is 0.396. The predicted octanol–water partition coefficient (Wildman–Crippen LogP) is 4.02. The molecule has 0 saturated carbocycles. The lowest BCUT2D eigenvalue weighted by atomic mass is 10.0. The van der Waals surface area contributed by atoms with E-state index >= 15 is 0 Å². The van der Waals surface area contributed by atoms with Crippen LogP contribution in [0.3, 0.4) is 0 Å². The molecular formula is C15H19Cl2N3O. The highest BCUT2D eigenvalue weighted by Gasteiger charge is 2.21. The maximum absolute atomic E-state index is 6.36. The summed E-state index contributed by atoms with van der Waals surface area (Å²) in [4.78, 5) is 0. The van der Waals surface area contributed by atoms with Crippen LogP contribution in [0.5, 0.6) is 5.75 Å². The number of rotatable bonds is 5. The first-order chi connectivity index (χ1) is 9.93. The molecule has 1 heterocycles. The first kappa shape index (κ1) is 16.1. The van der Waals surface area contributed by atoms with Crippen LogP contribution < -0.4 is 10.5 Å². The highest BCUT2D eigenvalue weighted by molar-refractivity contribution is 6.35. The number of benzene rings is 1. The molecule has 0 saturated heterocycles. The van der Waals surface area contributed by atoms with E-state index < -0.39 is 0 Å². The number of hydrogen-bond acceptors (Lipinski definition) is 3. The molecule has 6 heteroatoms. The van der Waals surface area contributed by atoms with E-state index in [0.717, 1.165) is 11.3 Å². The van der Waals surface area contributed by atoms with E-state index in [1.54, 1.807) is 19.4 Å². The molecule has 2 N–H and O–H groups in total. The molecular weight excluding hydrogens is 309 g/mol. The lowest BCUT2D eigenvalue weighted by Gasteiger charge is -2.18. The maximum Gasteiger partial charge on any atom is 0.161 e. The highest BCUT2D eigenvalue weighted by Crippen LogP contribution is 2.30. The third-order valence-electron chi connectivity index (χ3n) is 3.31. The highest BCUT2D eigenvalue weighted by atomic mass is 35.5. The number of hydrogen-bond donors (Lipinski definition) is 1. The van der Waals surface area contributed by atoms with E-state index in [0.29, 0.717) is 22.2 Å². The van der Waals surface area contributed by atoms with Gasteiger partial charge in [-0.3, -0.25) is 4.68 Å². The van der Waals surface area contributed by atoms with Gasteiger partial charge in [0.05, 0.1) is 25.0 Å².